The first-order valence-corrected chi connectivity index (χ1v) is 8.36. The van der Waals surface area contributed by atoms with Crippen LogP contribution in [0.5, 0.6) is 0 Å². The first-order valence-electron chi connectivity index (χ1n) is 8.36. The van der Waals surface area contributed by atoms with Crippen molar-refractivity contribution in [1.29, 1.82) is 0 Å². The average Bonchev–Trinajstić information content (AvgIpc) is 2.63. The first-order chi connectivity index (χ1) is 11.6. The van der Waals surface area contributed by atoms with Gasteiger partial charge in [-0.3, -0.25) is 4.79 Å². The molecule has 1 atom stereocenters. The maximum atomic E-state index is 13.4. The van der Waals surface area contributed by atoms with Gasteiger partial charge in [0.2, 0.25) is 0 Å². The minimum Gasteiger partial charge on any atom is -0.381 e. The molecular formula is C20H22FNO2. The van der Waals surface area contributed by atoms with Gasteiger partial charge in [0.1, 0.15) is 5.82 Å². The molecule has 1 aliphatic rings. The Morgan fingerprint density at radius 1 is 1.25 bits per heavy atom. The minimum absolute atomic E-state index is 0.0822. The molecule has 2 aromatic carbocycles. The quantitative estimate of drug-likeness (QED) is 0.923. The largest absolute Gasteiger partial charge is 0.381 e. The number of carbonyl (C=O) groups is 1. The molecule has 1 saturated heterocycles. The Kier molecular flexibility index (Phi) is 5.26. The molecule has 0 bridgehead atoms. The molecule has 1 N–H and O–H groups in total. The lowest BCUT2D eigenvalue weighted by molar-refractivity contribution is 0.0536. The van der Waals surface area contributed by atoms with Crippen LogP contribution in [0.1, 0.15) is 28.8 Å². The maximum Gasteiger partial charge on any atom is 0.251 e. The van der Waals surface area contributed by atoms with Gasteiger partial charge in [-0.15, -0.1) is 0 Å². The zero-order valence-electron chi connectivity index (χ0n) is 13.8. The number of benzene rings is 2. The van der Waals surface area contributed by atoms with Crippen LogP contribution in [0.25, 0.3) is 11.1 Å². The number of ether oxygens (including phenoxy) is 1. The van der Waals surface area contributed by atoms with Gasteiger partial charge in [0.05, 0.1) is 6.61 Å². The average molecular weight is 327 g/mol. The van der Waals surface area contributed by atoms with Gasteiger partial charge in [-0.1, -0.05) is 18.2 Å². The van der Waals surface area contributed by atoms with E-state index >= 15 is 0 Å². The molecule has 0 radical (unpaired) electrons. The Balaban J connectivity index is 1.69. The maximum absolute atomic E-state index is 13.4. The number of halogens is 1. The standard InChI is InChI=1S/C20H22FNO2/c1-14-10-17(7-8-19(14)21)16-5-2-6-18(11-16)20(23)22-12-15-4-3-9-24-13-15/h2,5-8,10-11,15H,3-4,9,12-13H2,1H3,(H,22,23)/t15-/m1/s1. The van der Waals surface area contributed by atoms with E-state index in [2.05, 4.69) is 5.32 Å². The Morgan fingerprint density at radius 2 is 2.08 bits per heavy atom. The molecule has 0 spiro atoms. The topological polar surface area (TPSA) is 38.3 Å². The van der Waals surface area contributed by atoms with E-state index in [9.17, 15) is 9.18 Å². The zero-order chi connectivity index (χ0) is 16.9. The lowest BCUT2D eigenvalue weighted by Crippen LogP contribution is -2.33. The molecule has 3 rings (SSSR count). The van der Waals surface area contributed by atoms with E-state index in [0.29, 0.717) is 23.6 Å². The summed E-state index contributed by atoms with van der Waals surface area (Å²) in [5.74, 6) is 0.0919. The van der Waals surface area contributed by atoms with Gasteiger partial charge in [-0.2, -0.15) is 0 Å². The van der Waals surface area contributed by atoms with Crippen molar-refractivity contribution in [2.75, 3.05) is 19.8 Å². The van der Waals surface area contributed by atoms with Gasteiger partial charge >= 0.3 is 0 Å². The van der Waals surface area contributed by atoms with Gasteiger partial charge in [-0.25, -0.2) is 4.39 Å². The number of hydrogen-bond donors (Lipinski definition) is 1. The summed E-state index contributed by atoms with van der Waals surface area (Å²) in [4.78, 5) is 12.4. The number of carbonyl (C=O) groups excluding carboxylic acids is 1. The van der Waals surface area contributed by atoms with E-state index < -0.39 is 0 Å². The van der Waals surface area contributed by atoms with Crippen molar-refractivity contribution in [2.24, 2.45) is 5.92 Å². The van der Waals surface area contributed by atoms with Crippen LogP contribution in [-0.2, 0) is 4.74 Å². The first kappa shape index (κ1) is 16.7. The number of aryl methyl sites for hydroxylation is 1. The van der Waals surface area contributed by atoms with E-state index in [-0.39, 0.29) is 11.7 Å². The van der Waals surface area contributed by atoms with Crippen molar-refractivity contribution in [3.63, 3.8) is 0 Å². The molecule has 1 amide bonds. The van der Waals surface area contributed by atoms with Crippen molar-refractivity contribution in [2.45, 2.75) is 19.8 Å². The smallest absolute Gasteiger partial charge is 0.251 e. The summed E-state index contributed by atoms with van der Waals surface area (Å²) < 4.78 is 18.9. The highest BCUT2D eigenvalue weighted by molar-refractivity contribution is 5.95. The molecule has 3 nitrogen and oxygen atoms in total. The van der Waals surface area contributed by atoms with Crippen LogP contribution in [0.2, 0.25) is 0 Å². The molecule has 126 valence electrons. The van der Waals surface area contributed by atoms with E-state index in [1.54, 1.807) is 25.1 Å². The monoisotopic (exact) mass is 327 g/mol. The fraction of sp³-hybridized carbons (Fsp3) is 0.350. The Hall–Kier alpha value is -2.20. The van der Waals surface area contributed by atoms with Crippen LogP contribution < -0.4 is 5.32 Å². The molecule has 2 aromatic rings. The summed E-state index contributed by atoms with van der Waals surface area (Å²) in [5.41, 5.74) is 3.03. The second-order valence-corrected chi connectivity index (χ2v) is 6.34. The molecule has 1 aliphatic heterocycles. The van der Waals surface area contributed by atoms with Gasteiger partial charge in [0.15, 0.2) is 0 Å². The fourth-order valence-corrected chi connectivity index (χ4v) is 2.97. The summed E-state index contributed by atoms with van der Waals surface area (Å²) in [6.45, 7) is 3.92. The van der Waals surface area contributed by atoms with Crippen molar-refractivity contribution >= 4 is 5.91 Å². The highest BCUT2D eigenvalue weighted by Crippen LogP contribution is 2.23. The minimum atomic E-state index is -0.220. The lowest BCUT2D eigenvalue weighted by atomic mass is 10.00. The highest BCUT2D eigenvalue weighted by atomic mass is 19.1. The van der Waals surface area contributed by atoms with Crippen LogP contribution in [0, 0.1) is 18.7 Å². The second-order valence-electron chi connectivity index (χ2n) is 6.34. The fourth-order valence-electron chi connectivity index (χ4n) is 2.97. The van der Waals surface area contributed by atoms with Gasteiger partial charge in [-0.05, 0) is 66.6 Å². The second kappa shape index (κ2) is 7.58. The molecular weight excluding hydrogens is 305 g/mol. The van der Waals surface area contributed by atoms with Crippen LogP contribution in [0.4, 0.5) is 4.39 Å². The summed E-state index contributed by atoms with van der Waals surface area (Å²) in [6.07, 6.45) is 2.15. The highest BCUT2D eigenvalue weighted by Gasteiger charge is 2.15. The van der Waals surface area contributed by atoms with E-state index in [1.165, 1.54) is 6.07 Å². The summed E-state index contributed by atoms with van der Waals surface area (Å²) in [6, 6.07) is 12.4. The number of rotatable bonds is 4. The van der Waals surface area contributed by atoms with Crippen molar-refractivity contribution < 1.29 is 13.9 Å². The van der Waals surface area contributed by atoms with Crippen molar-refractivity contribution in [1.82, 2.24) is 5.32 Å². The predicted octanol–water partition coefficient (Wildman–Crippen LogP) is 3.96. The molecule has 24 heavy (non-hydrogen) atoms. The molecule has 0 aromatic heterocycles. The summed E-state index contributed by atoms with van der Waals surface area (Å²) in [7, 11) is 0. The molecule has 1 heterocycles. The van der Waals surface area contributed by atoms with E-state index in [1.807, 2.05) is 18.2 Å². The van der Waals surface area contributed by atoms with Gasteiger partial charge < -0.3 is 10.1 Å². The summed E-state index contributed by atoms with van der Waals surface area (Å²) >= 11 is 0. The third kappa shape index (κ3) is 4.01. The number of nitrogens with one attached hydrogen (secondary N) is 1. The molecule has 1 fully saturated rings. The van der Waals surface area contributed by atoms with Crippen molar-refractivity contribution in [3.8, 4) is 11.1 Å². The molecule has 0 unspecified atom stereocenters. The Bertz CT molecular complexity index is 723. The molecule has 0 aliphatic carbocycles. The molecule has 4 heteroatoms. The van der Waals surface area contributed by atoms with Crippen LogP contribution >= 0.6 is 0 Å². The Labute approximate surface area is 141 Å². The summed E-state index contributed by atoms with van der Waals surface area (Å²) in [5, 5.41) is 2.99. The van der Waals surface area contributed by atoms with Crippen LogP contribution in [0.3, 0.4) is 0 Å². The van der Waals surface area contributed by atoms with Crippen LogP contribution in [-0.4, -0.2) is 25.7 Å². The SMILES string of the molecule is Cc1cc(-c2cccc(C(=O)NC[C@H]3CCCOC3)c2)ccc1F. The number of hydrogen-bond acceptors (Lipinski definition) is 2. The Morgan fingerprint density at radius 3 is 2.83 bits per heavy atom. The lowest BCUT2D eigenvalue weighted by Gasteiger charge is -2.22. The number of amides is 1. The molecule has 0 saturated carbocycles. The zero-order valence-corrected chi connectivity index (χ0v) is 13.8. The van der Waals surface area contributed by atoms with Gasteiger partial charge in [0.25, 0.3) is 5.91 Å². The normalized spacial score (nSPS) is 17.5. The van der Waals surface area contributed by atoms with E-state index in [0.717, 1.165) is 37.2 Å². The van der Waals surface area contributed by atoms with E-state index in [4.69, 9.17) is 4.74 Å². The third-order valence-electron chi connectivity index (χ3n) is 4.42. The van der Waals surface area contributed by atoms with Gasteiger partial charge in [0, 0.05) is 18.7 Å². The predicted molar refractivity (Wildman–Crippen MR) is 92.4 cm³/mol. The van der Waals surface area contributed by atoms with Crippen LogP contribution in [0.15, 0.2) is 42.5 Å². The third-order valence-corrected chi connectivity index (χ3v) is 4.42. The van der Waals surface area contributed by atoms with Crippen molar-refractivity contribution in [3.05, 3.63) is 59.4 Å².